The van der Waals surface area contributed by atoms with Crippen LogP contribution < -0.4 is 10.1 Å². The van der Waals surface area contributed by atoms with Crippen LogP contribution >= 0.6 is 11.3 Å². The van der Waals surface area contributed by atoms with Gasteiger partial charge >= 0.3 is 0 Å². The zero-order valence-corrected chi connectivity index (χ0v) is 20.1. The molecule has 0 spiro atoms. The van der Waals surface area contributed by atoms with Crippen molar-refractivity contribution < 1.29 is 13.9 Å². The van der Waals surface area contributed by atoms with E-state index in [0.717, 1.165) is 35.6 Å². The number of benzene rings is 1. The second-order valence-corrected chi connectivity index (χ2v) is 10.4. The second-order valence-electron chi connectivity index (χ2n) is 9.35. The van der Waals surface area contributed by atoms with Gasteiger partial charge < -0.3 is 14.5 Å². The number of furan rings is 1. The lowest BCUT2D eigenvalue weighted by molar-refractivity contribution is 0.102. The van der Waals surface area contributed by atoms with Gasteiger partial charge in [-0.25, -0.2) is 4.99 Å². The number of aryl methyl sites for hydroxylation is 1. The number of anilines is 1. The van der Waals surface area contributed by atoms with Gasteiger partial charge in [-0.2, -0.15) is 0 Å². The van der Waals surface area contributed by atoms with Gasteiger partial charge in [0.25, 0.3) is 5.91 Å². The molecule has 168 valence electrons. The summed E-state index contributed by atoms with van der Waals surface area (Å²) in [7, 11) is 1.60. The number of para-hydroxylation sites is 2. The molecule has 0 fully saturated rings. The third-order valence-electron chi connectivity index (χ3n) is 6.12. The first kappa shape index (κ1) is 22.3. The number of thiophene rings is 1. The van der Waals surface area contributed by atoms with Gasteiger partial charge in [-0.1, -0.05) is 32.9 Å². The summed E-state index contributed by atoms with van der Waals surface area (Å²) in [6.45, 7) is 8.79. The normalized spacial score (nSPS) is 16.2. The molecule has 0 saturated carbocycles. The van der Waals surface area contributed by atoms with Crippen molar-refractivity contribution in [3.8, 4) is 5.75 Å². The van der Waals surface area contributed by atoms with Gasteiger partial charge in [0.15, 0.2) is 0 Å². The van der Waals surface area contributed by atoms with E-state index >= 15 is 0 Å². The molecule has 0 unspecified atom stereocenters. The summed E-state index contributed by atoms with van der Waals surface area (Å²) in [6.07, 6.45) is 4.64. The summed E-state index contributed by atoms with van der Waals surface area (Å²) >= 11 is 1.63. The van der Waals surface area contributed by atoms with Crippen molar-refractivity contribution in [3.05, 3.63) is 63.9 Å². The Hall–Kier alpha value is -2.86. The smallest absolute Gasteiger partial charge is 0.259 e. The molecule has 32 heavy (non-hydrogen) atoms. The van der Waals surface area contributed by atoms with Gasteiger partial charge in [-0.3, -0.25) is 4.79 Å². The van der Waals surface area contributed by atoms with Crippen molar-refractivity contribution in [1.29, 1.82) is 0 Å². The number of amides is 1. The standard InChI is InChI=1S/C26H30N2O3S/c1-16-10-12-18(31-16)15-27-25-23(24(29)28-20-8-6-7-9-21(20)30-5)19-13-11-17(26(2,3)4)14-22(19)32-25/h6-10,12,15,17H,11,13-14H2,1-5H3,(H,28,29)/t17-/m0/s1. The molecule has 4 rings (SSSR count). The highest BCUT2D eigenvalue weighted by Crippen LogP contribution is 2.45. The number of ether oxygens (including phenoxy) is 1. The Kier molecular flexibility index (Phi) is 6.24. The largest absolute Gasteiger partial charge is 0.495 e. The van der Waals surface area contributed by atoms with Crippen molar-refractivity contribution in [1.82, 2.24) is 0 Å². The molecule has 5 nitrogen and oxygen atoms in total. The summed E-state index contributed by atoms with van der Waals surface area (Å²) < 4.78 is 11.0. The van der Waals surface area contributed by atoms with Crippen LogP contribution in [-0.4, -0.2) is 19.2 Å². The molecule has 0 aliphatic heterocycles. The van der Waals surface area contributed by atoms with E-state index < -0.39 is 0 Å². The summed E-state index contributed by atoms with van der Waals surface area (Å²) in [4.78, 5) is 19.4. The number of fused-ring (bicyclic) bond motifs is 1. The lowest BCUT2D eigenvalue weighted by Gasteiger charge is -2.33. The molecule has 2 aromatic heterocycles. The molecule has 0 saturated heterocycles. The predicted octanol–water partition coefficient (Wildman–Crippen LogP) is 6.81. The fraction of sp³-hybridized carbons (Fsp3) is 0.385. The number of methoxy groups -OCH3 is 1. The van der Waals surface area contributed by atoms with Gasteiger partial charge in [0.1, 0.15) is 22.3 Å². The van der Waals surface area contributed by atoms with E-state index in [0.29, 0.717) is 28.7 Å². The number of carbonyl (C=O) groups excluding carboxylic acids is 1. The second kappa shape index (κ2) is 8.94. The van der Waals surface area contributed by atoms with Crippen molar-refractivity contribution >= 4 is 34.1 Å². The van der Waals surface area contributed by atoms with Crippen LogP contribution in [0.15, 0.2) is 45.8 Å². The molecule has 6 heteroatoms. The molecular weight excluding hydrogens is 420 g/mol. The third-order valence-corrected chi connectivity index (χ3v) is 7.29. The van der Waals surface area contributed by atoms with Crippen molar-refractivity contribution in [2.45, 2.75) is 47.0 Å². The van der Waals surface area contributed by atoms with E-state index in [1.165, 1.54) is 4.88 Å². The van der Waals surface area contributed by atoms with E-state index in [-0.39, 0.29) is 11.3 Å². The Balaban J connectivity index is 1.71. The highest BCUT2D eigenvalue weighted by molar-refractivity contribution is 7.16. The van der Waals surface area contributed by atoms with Crippen LogP contribution in [0, 0.1) is 18.3 Å². The van der Waals surface area contributed by atoms with E-state index in [1.54, 1.807) is 24.7 Å². The Morgan fingerprint density at radius 3 is 2.72 bits per heavy atom. The summed E-state index contributed by atoms with van der Waals surface area (Å²) in [5.41, 5.74) is 2.68. The minimum atomic E-state index is -0.149. The van der Waals surface area contributed by atoms with Crippen LogP contribution in [-0.2, 0) is 12.8 Å². The Bertz CT molecular complexity index is 1150. The predicted molar refractivity (Wildman–Crippen MR) is 131 cm³/mol. The Morgan fingerprint density at radius 1 is 1.25 bits per heavy atom. The molecule has 1 aliphatic carbocycles. The fourth-order valence-electron chi connectivity index (χ4n) is 4.21. The van der Waals surface area contributed by atoms with E-state index in [4.69, 9.17) is 14.1 Å². The summed E-state index contributed by atoms with van der Waals surface area (Å²) in [6, 6.07) is 11.2. The number of nitrogens with one attached hydrogen (secondary N) is 1. The van der Waals surface area contributed by atoms with Gasteiger partial charge in [0.05, 0.1) is 24.6 Å². The SMILES string of the molecule is COc1ccccc1NC(=O)c1c(N=Cc2ccc(C)o2)sc2c1CC[C@H](C(C)(C)C)C2. The van der Waals surface area contributed by atoms with Crippen LogP contribution in [0.4, 0.5) is 10.7 Å². The maximum atomic E-state index is 13.5. The first-order chi connectivity index (χ1) is 15.3. The maximum Gasteiger partial charge on any atom is 0.259 e. The minimum Gasteiger partial charge on any atom is -0.495 e. The molecule has 1 atom stereocenters. The minimum absolute atomic E-state index is 0.149. The Morgan fingerprint density at radius 2 is 2.03 bits per heavy atom. The molecule has 3 aromatic rings. The maximum absolute atomic E-state index is 13.5. The highest BCUT2D eigenvalue weighted by Gasteiger charge is 2.33. The molecular formula is C26H30N2O3S. The molecule has 2 heterocycles. The van der Waals surface area contributed by atoms with Gasteiger partial charge in [0, 0.05) is 4.88 Å². The van der Waals surface area contributed by atoms with E-state index in [9.17, 15) is 4.79 Å². The van der Waals surface area contributed by atoms with Crippen molar-refractivity contribution in [2.75, 3.05) is 12.4 Å². The van der Waals surface area contributed by atoms with Crippen molar-refractivity contribution in [2.24, 2.45) is 16.3 Å². The average Bonchev–Trinajstić information content (AvgIpc) is 3.34. The zero-order chi connectivity index (χ0) is 22.9. The van der Waals surface area contributed by atoms with Gasteiger partial charge in [-0.15, -0.1) is 11.3 Å². The number of aliphatic imine (C=N–C) groups is 1. The summed E-state index contributed by atoms with van der Waals surface area (Å²) in [5, 5.41) is 3.77. The molecule has 0 radical (unpaired) electrons. The monoisotopic (exact) mass is 450 g/mol. The van der Waals surface area contributed by atoms with Crippen LogP contribution in [0.5, 0.6) is 5.75 Å². The number of nitrogens with zero attached hydrogens (tertiary/aromatic N) is 1. The average molecular weight is 451 g/mol. The van der Waals surface area contributed by atoms with Gasteiger partial charge in [0.2, 0.25) is 0 Å². The molecule has 1 amide bonds. The molecule has 0 bridgehead atoms. The first-order valence-corrected chi connectivity index (χ1v) is 11.8. The quantitative estimate of drug-likeness (QED) is 0.434. The third kappa shape index (κ3) is 4.65. The number of carbonyl (C=O) groups is 1. The van der Waals surface area contributed by atoms with Crippen LogP contribution in [0.3, 0.4) is 0 Å². The lowest BCUT2D eigenvalue weighted by Crippen LogP contribution is -2.27. The molecule has 1 N–H and O–H groups in total. The van der Waals surface area contributed by atoms with E-state index in [2.05, 4.69) is 26.1 Å². The number of hydrogen-bond donors (Lipinski definition) is 1. The number of hydrogen-bond acceptors (Lipinski definition) is 5. The van der Waals surface area contributed by atoms with Crippen molar-refractivity contribution in [3.63, 3.8) is 0 Å². The topological polar surface area (TPSA) is 63.8 Å². The van der Waals surface area contributed by atoms with Crippen LogP contribution in [0.1, 0.15) is 59.5 Å². The van der Waals surface area contributed by atoms with Crippen LogP contribution in [0.25, 0.3) is 0 Å². The van der Waals surface area contributed by atoms with Gasteiger partial charge in [-0.05, 0) is 67.3 Å². The fourth-order valence-corrected chi connectivity index (χ4v) is 5.48. The highest BCUT2D eigenvalue weighted by atomic mass is 32.1. The van der Waals surface area contributed by atoms with Crippen LogP contribution in [0.2, 0.25) is 0 Å². The number of rotatable bonds is 5. The molecule has 1 aliphatic rings. The first-order valence-electron chi connectivity index (χ1n) is 11.0. The Labute approximate surface area is 193 Å². The lowest BCUT2D eigenvalue weighted by atomic mass is 9.72. The van der Waals surface area contributed by atoms with E-state index in [1.807, 2.05) is 43.3 Å². The zero-order valence-electron chi connectivity index (χ0n) is 19.3. The summed E-state index contributed by atoms with van der Waals surface area (Å²) in [5.74, 6) is 2.58. The molecule has 1 aromatic carbocycles.